The summed E-state index contributed by atoms with van der Waals surface area (Å²) in [6.45, 7) is 7.21. The summed E-state index contributed by atoms with van der Waals surface area (Å²) < 4.78 is 35.3. The highest BCUT2D eigenvalue weighted by Gasteiger charge is 2.31. The number of rotatable bonds is 5. The fourth-order valence-corrected chi connectivity index (χ4v) is 5.14. The summed E-state index contributed by atoms with van der Waals surface area (Å²) >= 11 is 0. The fourth-order valence-electron chi connectivity index (χ4n) is 5.14. The first-order valence-electron chi connectivity index (χ1n) is 12.3. The van der Waals surface area contributed by atoms with Crippen LogP contribution in [0.4, 0.5) is 26.1 Å². The van der Waals surface area contributed by atoms with Gasteiger partial charge >= 0.3 is 0 Å². The minimum absolute atomic E-state index is 0.0523. The molecule has 6 rings (SSSR count). The predicted molar refractivity (Wildman–Crippen MR) is 132 cm³/mol. The molecule has 0 bridgehead atoms. The molecule has 3 heterocycles. The van der Waals surface area contributed by atoms with Gasteiger partial charge in [-0.05, 0) is 68.5 Å². The molecule has 6 nitrogen and oxygen atoms in total. The fraction of sp³-hybridized carbons (Fsp3) is 0.407. The molecule has 1 N–H and O–H groups in total. The van der Waals surface area contributed by atoms with Crippen molar-refractivity contribution < 1.29 is 13.5 Å². The van der Waals surface area contributed by atoms with Crippen LogP contribution < -0.4 is 15.0 Å². The maximum Gasteiger partial charge on any atom is 0.227 e. The molecule has 0 atom stereocenters. The van der Waals surface area contributed by atoms with Crippen LogP contribution in [0.5, 0.6) is 5.75 Å². The highest BCUT2D eigenvalue weighted by Crippen LogP contribution is 2.39. The van der Waals surface area contributed by atoms with Crippen molar-refractivity contribution in [2.24, 2.45) is 0 Å². The first kappa shape index (κ1) is 22.2. The van der Waals surface area contributed by atoms with Gasteiger partial charge in [-0.3, -0.25) is 4.90 Å². The average Bonchev–Trinajstić information content (AvgIpc) is 3.70. The Morgan fingerprint density at radius 3 is 2.71 bits per heavy atom. The van der Waals surface area contributed by atoms with Crippen molar-refractivity contribution in [2.45, 2.75) is 51.7 Å². The molecule has 3 aromatic rings. The Kier molecular flexibility index (Phi) is 5.56. The number of benzene rings is 2. The maximum atomic E-state index is 14.9. The van der Waals surface area contributed by atoms with Crippen molar-refractivity contribution in [3.63, 3.8) is 0 Å². The number of nitrogens with zero attached hydrogens (tertiary/aromatic N) is 4. The number of aromatic nitrogens is 2. The van der Waals surface area contributed by atoms with E-state index >= 15 is 0 Å². The number of hydrogen-bond acceptors (Lipinski definition) is 6. The minimum atomic E-state index is -0.603. The quantitative estimate of drug-likeness (QED) is 0.539. The Morgan fingerprint density at radius 2 is 1.91 bits per heavy atom. The maximum absolute atomic E-state index is 14.9. The monoisotopic (exact) mass is 477 g/mol. The van der Waals surface area contributed by atoms with E-state index in [0.717, 1.165) is 37.4 Å². The number of nitrogens with one attached hydrogen (secondary N) is 1. The lowest BCUT2D eigenvalue weighted by Crippen LogP contribution is -2.38. The molecule has 1 saturated carbocycles. The second-order valence-corrected chi connectivity index (χ2v) is 9.89. The van der Waals surface area contributed by atoms with Gasteiger partial charge in [-0.2, -0.15) is 0 Å². The van der Waals surface area contributed by atoms with Gasteiger partial charge in [-0.1, -0.05) is 6.07 Å². The van der Waals surface area contributed by atoms with Crippen molar-refractivity contribution in [1.82, 2.24) is 14.9 Å². The van der Waals surface area contributed by atoms with Crippen LogP contribution in [0.15, 0.2) is 36.5 Å². The summed E-state index contributed by atoms with van der Waals surface area (Å²) in [6.07, 6.45) is 4.77. The minimum Gasteiger partial charge on any atom is -0.486 e. The van der Waals surface area contributed by atoms with Gasteiger partial charge < -0.3 is 15.0 Å². The van der Waals surface area contributed by atoms with Crippen LogP contribution in [0.1, 0.15) is 37.8 Å². The molecule has 35 heavy (non-hydrogen) atoms. The lowest BCUT2D eigenvalue weighted by molar-refractivity contribution is 0.244. The zero-order valence-electron chi connectivity index (χ0n) is 20.0. The predicted octanol–water partition coefficient (Wildman–Crippen LogP) is 5.29. The van der Waals surface area contributed by atoms with E-state index in [0.29, 0.717) is 24.4 Å². The summed E-state index contributed by atoms with van der Waals surface area (Å²) in [4.78, 5) is 13.2. The van der Waals surface area contributed by atoms with Gasteiger partial charge in [0, 0.05) is 36.4 Å². The molecule has 8 heteroatoms. The van der Waals surface area contributed by atoms with Crippen molar-refractivity contribution in [2.75, 3.05) is 29.9 Å². The van der Waals surface area contributed by atoms with Crippen molar-refractivity contribution in [3.05, 3.63) is 59.3 Å². The van der Waals surface area contributed by atoms with Crippen molar-refractivity contribution in [3.8, 4) is 17.0 Å². The Balaban J connectivity index is 1.28. The number of fused-ring (bicyclic) bond motifs is 2. The normalized spacial score (nSPS) is 17.7. The van der Waals surface area contributed by atoms with E-state index in [1.54, 1.807) is 6.07 Å². The van der Waals surface area contributed by atoms with Gasteiger partial charge in [-0.25, -0.2) is 18.7 Å². The molecule has 2 aliphatic heterocycles. The molecule has 1 aromatic heterocycles. The Morgan fingerprint density at radius 1 is 1.06 bits per heavy atom. The van der Waals surface area contributed by atoms with Crippen LogP contribution in [-0.2, 0) is 13.0 Å². The topological polar surface area (TPSA) is 53.5 Å². The largest absolute Gasteiger partial charge is 0.486 e. The molecule has 182 valence electrons. The Hall–Kier alpha value is -3.26. The van der Waals surface area contributed by atoms with E-state index in [1.165, 1.54) is 30.0 Å². The lowest BCUT2D eigenvalue weighted by Gasteiger charge is -2.34. The molecule has 0 saturated heterocycles. The number of anilines is 3. The van der Waals surface area contributed by atoms with Gasteiger partial charge in [0.1, 0.15) is 12.3 Å². The third-order valence-electron chi connectivity index (χ3n) is 7.12. The van der Waals surface area contributed by atoms with Gasteiger partial charge in [0.25, 0.3) is 0 Å². The summed E-state index contributed by atoms with van der Waals surface area (Å²) in [5.41, 5.74) is 4.55. The molecular weight excluding hydrogens is 448 g/mol. The van der Waals surface area contributed by atoms with Gasteiger partial charge in [0.2, 0.25) is 5.95 Å². The SMILES string of the molecule is CC(C)N1CCOc2c(F)cc(-c3nc(Nc4ccc5c(c4)CCN(C4CC4)C5)ncc3F)cc21. The number of ether oxygens (including phenoxy) is 1. The molecule has 3 aliphatic rings. The smallest absolute Gasteiger partial charge is 0.227 e. The molecule has 0 radical (unpaired) electrons. The Bertz CT molecular complexity index is 1280. The van der Waals surface area contributed by atoms with E-state index in [1.807, 2.05) is 19.9 Å². The summed E-state index contributed by atoms with van der Waals surface area (Å²) in [6, 6.07) is 10.2. The van der Waals surface area contributed by atoms with Crippen LogP contribution in [0.3, 0.4) is 0 Å². The number of hydrogen-bond donors (Lipinski definition) is 1. The summed E-state index contributed by atoms with van der Waals surface area (Å²) in [5.74, 6) is -0.652. The lowest BCUT2D eigenvalue weighted by atomic mass is 9.99. The molecule has 1 aliphatic carbocycles. The van der Waals surface area contributed by atoms with Crippen molar-refractivity contribution in [1.29, 1.82) is 0 Å². The molecule has 0 spiro atoms. The number of halogens is 2. The van der Waals surface area contributed by atoms with Crippen LogP contribution in [0.25, 0.3) is 11.3 Å². The molecule has 0 unspecified atom stereocenters. The highest BCUT2D eigenvalue weighted by atomic mass is 19.1. The van der Waals surface area contributed by atoms with E-state index < -0.39 is 11.6 Å². The second kappa shape index (κ2) is 8.75. The van der Waals surface area contributed by atoms with Crippen LogP contribution in [0.2, 0.25) is 0 Å². The molecule has 1 fully saturated rings. The Labute approximate surface area is 203 Å². The third kappa shape index (κ3) is 4.31. The van der Waals surface area contributed by atoms with Crippen molar-refractivity contribution >= 4 is 17.3 Å². The van der Waals surface area contributed by atoms with Crippen LogP contribution in [0, 0.1) is 11.6 Å². The molecule has 2 aromatic carbocycles. The first-order valence-corrected chi connectivity index (χ1v) is 12.3. The zero-order valence-corrected chi connectivity index (χ0v) is 20.0. The summed E-state index contributed by atoms with van der Waals surface area (Å²) in [5, 5.41) is 3.21. The van der Waals surface area contributed by atoms with Crippen LogP contribution in [-0.4, -0.2) is 46.6 Å². The standard InChI is InChI=1S/C27H29F2N5O/c1-16(2)34-9-10-35-26-22(28)12-19(13-24(26)34)25-23(29)14-30-27(32-25)31-20-4-3-18-15-33(21-5-6-21)8-7-17(18)11-20/h3-4,11-14,16,21H,5-10,15H2,1-2H3,(H,30,31,32). The van der Waals surface area contributed by atoms with E-state index in [2.05, 4.69) is 37.2 Å². The van der Waals surface area contributed by atoms with E-state index in [9.17, 15) is 8.78 Å². The highest BCUT2D eigenvalue weighted by molar-refractivity contribution is 5.73. The zero-order chi connectivity index (χ0) is 24.1. The van der Waals surface area contributed by atoms with Gasteiger partial charge in [0.05, 0.1) is 18.4 Å². The summed E-state index contributed by atoms with van der Waals surface area (Å²) in [7, 11) is 0. The van der Waals surface area contributed by atoms with Crippen LogP contribution >= 0.6 is 0 Å². The first-order chi connectivity index (χ1) is 17.0. The molecular formula is C27H29F2N5O. The molecule has 0 amide bonds. The second-order valence-electron chi connectivity index (χ2n) is 9.89. The van der Waals surface area contributed by atoms with E-state index in [-0.39, 0.29) is 23.4 Å². The third-order valence-corrected chi connectivity index (χ3v) is 7.12. The average molecular weight is 478 g/mol. The van der Waals surface area contributed by atoms with E-state index in [4.69, 9.17) is 4.74 Å². The van der Waals surface area contributed by atoms with Gasteiger partial charge in [-0.15, -0.1) is 0 Å². The van der Waals surface area contributed by atoms with Gasteiger partial charge in [0.15, 0.2) is 17.4 Å².